The molecule has 4 nitrogen and oxygen atoms in total. The van der Waals surface area contributed by atoms with E-state index in [2.05, 4.69) is 0 Å². The van der Waals surface area contributed by atoms with E-state index in [-0.39, 0.29) is 0 Å². The van der Waals surface area contributed by atoms with Crippen molar-refractivity contribution < 1.29 is 17.8 Å². The summed E-state index contributed by atoms with van der Waals surface area (Å²) < 4.78 is 27.2. The van der Waals surface area contributed by atoms with Crippen LogP contribution >= 0.6 is 11.6 Å². The highest BCUT2D eigenvalue weighted by molar-refractivity contribution is 8.01. The molecule has 0 aliphatic heterocycles. The number of alkyl halides is 1. The van der Waals surface area contributed by atoms with Crippen molar-refractivity contribution in [1.29, 1.82) is 0 Å². The molecule has 0 atom stereocenters. The number of hydrogen-bond acceptors (Lipinski definition) is 3. The predicted molar refractivity (Wildman–Crippen MR) is 27.3 cm³/mol. The third kappa shape index (κ3) is 2.25. The van der Waals surface area contributed by atoms with Crippen molar-refractivity contribution in [2.45, 2.75) is 0 Å². The van der Waals surface area contributed by atoms with E-state index in [9.17, 15) is 13.2 Å². The Morgan fingerprint density at radius 2 is 2.00 bits per heavy atom. The molecule has 0 rings (SSSR count). The Kier molecular flexibility index (Phi) is 2.39. The Morgan fingerprint density at radius 1 is 1.62 bits per heavy atom. The number of carbonyl (C=O) groups excluding carboxylic acids is 1. The lowest BCUT2D eigenvalue weighted by molar-refractivity contribution is -0.110. The quantitative estimate of drug-likeness (QED) is 0.418. The second-order valence-corrected chi connectivity index (χ2v) is 2.65. The Morgan fingerprint density at radius 3 is 2.00 bits per heavy atom. The van der Waals surface area contributed by atoms with Crippen molar-refractivity contribution in [3.05, 3.63) is 0 Å². The van der Waals surface area contributed by atoms with E-state index in [1.54, 1.807) is 0 Å². The van der Waals surface area contributed by atoms with Crippen molar-refractivity contribution in [1.82, 2.24) is 0 Å². The third-order valence-electron chi connectivity index (χ3n) is 0.397. The smallest absolute Gasteiger partial charge is 0.280 e. The number of hydrogen-bond donors (Lipinski definition) is 1. The minimum Gasteiger partial charge on any atom is -0.280 e. The van der Waals surface area contributed by atoms with Gasteiger partial charge >= 0.3 is 10.1 Å². The van der Waals surface area contributed by atoms with Gasteiger partial charge in [-0.3, -0.25) is 9.35 Å². The van der Waals surface area contributed by atoms with Crippen LogP contribution in [-0.2, 0) is 14.9 Å². The molecule has 0 fully saturated rings. The fraction of sp³-hybridized carbons (Fsp3) is 0.500. The third-order valence-corrected chi connectivity index (χ3v) is 1.52. The van der Waals surface area contributed by atoms with Gasteiger partial charge < -0.3 is 0 Å². The fourth-order valence-corrected chi connectivity index (χ4v) is 0.620. The van der Waals surface area contributed by atoms with Gasteiger partial charge in [-0.15, -0.1) is 11.6 Å². The topological polar surface area (TPSA) is 71.4 Å². The van der Waals surface area contributed by atoms with Crippen molar-refractivity contribution >= 4 is 26.8 Å². The van der Waals surface area contributed by atoms with Crippen LogP contribution in [0.15, 0.2) is 0 Å². The summed E-state index contributed by atoms with van der Waals surface area (Å²) in [5.74, 6) is -0.709. The molecule has 0 saturated heterocycles. The number of rotatable bonds is 1. The van der Waals surface area contributed by atoms with Crippen LogP contribution in [0.2, 0.25) is 0 Å². The first-order valence-electron chi connectivity index (χ1n) is 1.54. The monoisotopic (exact) mass is 158 g/mol. The van der Waals surface area contributed by atoms with E-state index < -0.39 is 21.1 Å². The van der Waals surface area contributed by atoms with Gasteiger partial charge in [-0.1, -0.05) is 0 Å². The van der Waals surface area contributed by atoms with E-state index in [1.165, 1.54) is 0 Å². The lowest BCUT2D eigenvalue weighted by Crippen LogP contribution is -2.13. The van der Waals surface area contributed by atoms with Gasteiger partial charge in [0, 0.05) is 0 Å². The van der Waals surface area contributed by atoms with Gasteiger partial charge in [0.25, 0.3) is 5.12 Å². The molecule has 0 bridgehead atoms. The Hall–Kier alpha value is -0.130. The molecule has 6 heteroatoms. The zero-order chi connectivity index (χ0) is 6.78. The molecular formula is C2H3ClO4S. The molecule has 0 radical (unpaired) electrons. The maximum Gasteiger partial charge on any atom is 0.329 e. The zero-order valence-electron chi connectivity index (χ0n) is 3.67. The molecule has 48 valence electrons. The number of carbonyl (C=O) groups is 1. The van der Waals surface area contributed by atoms with Gasteiger partial charge in [-0.2, -0.15) is 8.42 Å². The molecule has 0 aliphatic carbocycles. The SMILES string of the molecule is O=C(CCl)S(=O)(=O)O. The summed E-state index contributed by atoms with van der Waals surface area (Å²) in [6, 6.07) is 0. The molecule has 0 spiro atoms. The molecule has 0 amide bonds. The Balaban J connectivity index is 4.29. The second kappa shape index (κ2) is 2.43. The van der Waals surface area contributed by atoms with Crippen LogP contribution in [0.4, 0.5) is 0 Å². The summed E-state index contributed by atoms with van der Waals surface area (Å²) >= 11 is 4.75. The van der Waals surface area contributed by atoms with Crippen LogP contribution in [0.25, 0.3) is 0 Å². The molecule has 0 heterocycles. The van der Waals surface area contributed by atoms with Gasteiger partial charge in [0.05, 0.1) is 5.88 Å². The highest BCUT2D eigenvalue weighted by atomic mass is 35.5. The first kappa shape index (κ1) is 7.87. The molecule has 0 aromatic rings. The summed E-state index contributed by atoms with van der Waals surface area (Å²) in [4.78, 5) is 9.86. The van der Waals surface area contributed by atoms with Crippen LogP contribution in [0.1, 0.15) is 0 Å². The summed E-state index contributed by atoms with van der Waals surface area (Å²) in [7, 11) is -4.52. The normalized spacial score (nSPS) is 11.2. The Bertz CT molecular complexity index is 180. The molecule has 8 heavy (non-hydrogen) atoms. The summed E-state index contributed by atoms with van der Waals surface area (Å²) in [6.45, 7) is 0. The average Bonchev–Trinajstić information content (AvgIpc) is 1.62. The highest BCUT2D eigenvalue weighted by Crippen LogP contribution is 1.86. The summed E-state index contributed by atoms with van der Waals surface area (Å²) in [5.41, 5.74) is 0. The second-order valence-electron chi connectivity index (χ2n) is 0.981. The van der Waals surface area contributed by atoms with Crippen LogP contribution in [0, 0.1) is 0 Å². The van der Waals surface area contributed by atoms with E-state index in [1.807, 2.05) is 0 Å². The largest absolute Gasteiger partial charge is 0.329 e. The van der Waals surface area contributed by atoms with Crippen LogP contribution in [0.3, 0.4) is 0 Å². The molecular weight excluding hydrogens is 156 g/mol. The van der Waals surface area contributed by atoms with E-state index in [0.717, 1.165) is 0 Å². The molecule has 0 unspecified atom stereocenters. The van der Waals surface area contributed by atoms with Gasteiger partial charge in [0.1, 0.15) is 0 Å². The predicted octanol–water partition coefficient (Wildman–Crippen LogP) is -0.360. The van der Waals surface area contributed by atoms with Crippen molar-refractivity contribution in [3.8, 4) is 0 Å². The first-order chi connectivity index (χ1) is 3.48. The van der Waals surface area contributed by atoms with Crippen LogP contribution in [-0.4, -0.2) is 24.0 Å². The highest BCUT2D eigenvalue weighted by Gasteiger charge is 2.15. The van der Waals surface area contributed by atoms with Gasteiger partial charge in [-0.25, -0.2) is 0 Å². The van der Waals surface area contributed by atoms with Crippen molar-refractivity contribution in [2.75, 3.05) is 5.88 Å². The van der Waals surface area contributed by atoms with Gasteiger partial charge in [0.15, 0.2) is 0 Å². The molecule has 0 saturated carbocycles. The van der Waals surface area contributed by atoms with Gasteiger partial charge in [0.2, 0.25) is 0 Å². The van der Waals surface area contributed by atoms with Crippen molar-refractivity contribution in [2.24, 2.45) is 0 Å². The van der Waals surface area contributed by atoms with E-state index in [0.29, 0.717) is 0 Å². The molecule has 0 aromatic carbocycles. The maximum atomic E-state index is 9.86. The standard InChI is InChI=1S/C2H3ClO4S/c3-1-2(4)8(5,6)7/h1H2,(H,5,6,7). The fourth-order valence-electron chi connectivity index (χ4n) is 0.0689. The van der Waals surface area contributed by atoms with Gasteiger partial charge in [-0.05, 0) is 0 Å². The summed E-state index contributed by atoms with van der Waals surface area (Å²) in [5, 5.41) is -1.38. The zero-order valence-corrected chi connectivity index (χ0v) is 5.24. The minimum absolute atomic E-state index is 0.709. The molecule has 1 N–H and O–H groups in total. The first-order valence-corrected chi connectivity index (χ1v) is 3.52. The van der Waals surface area contributed by atoms with E-state index in [4.69, 9.17) is 16.2 Å². The lowest BCUT2D eigenvalue weighted by atomic mass is 10.9. The Labute approximate surface area is 51.2 Å². The number of halogens is 1. The maximum absolute atomic E-state index is 9.86. The van der Waals surface area contributed by atoms with E-state index >= 15 is 0 Å². The average molecular weight is 159 g/mol. The van der Waals surface area contributed by atoms with Crippen molar-refractivity contribution in [3.63, 3.8) is 0 Å². The van der Waals surface area contributed by atoms with Crippen LogP contribution < -0.4 is 0 Å². The molecule has 0 aromatic heterocycles. The molecule has 0 aliphatic rings. The lowest BCUT2D eigenvalue weighted by Gasteiger charge is -1.84. The van der Waals surface area contributed by atoms with Crippen LogP contribution in [0.5, 0.6) is 0 Å². The summed E-state index contributed by atoms with van der Waals surface area (Å²) in [6.07, 6.45) is 0. The minimum atomic E-state index is -4.52.